The fourth-order valence-electron chi connectivity index (χ4n) is 2.29. The van der Waals surface area contributed by atoms with E-state index < -0.39 is 0 Å². The number of nitrogens with one attached hydrogen (secondary N) is 1. The number of aromatic nitrogens is 2. The van der Waals surface area contributed by atoms with E-state index in [1.807, 2.05) is 0 Å². The number of nitrogens with zero attached hydrogens (tertiary/aromatic N) is 2. The highest BCUT2D eigenvalue weighted by Crippen LogP contribution is 2.42. The molecule has 0 bridgehead atoms. The van der Waals surface area contributed by atoms with Crippen molar-refractivity contribution >= 4 is 11.7 Å². The summed E-state index contributed by atoms with van der Waals surface area (Å²) in [6, 6.07) is 1.69. The smallest absolute Gasteiger partial charge is 0.241 e. The minimum Gasteiger partial charge on any atom is -0.382 e. The summed E-state index contributed by atoms with van der Waals surface area (Å²) in [7, 11) is 0. The van der Waals surface area contributed by atoms with Crippen LogP contribution in [0.15, 0.2) is 12.3 Å². The number of hydrogen-bond acceptors (Lipinski definition) is 3. The lowest BCUT2D eigenvalue weighted by atomic mass is 9.67. The standard InChI is InChI=1S/C12H20N4O/c1-2-12(5-3-6-12)9-14-11(17)8-16-7-4-10(13)15-16/h4,7H,2-3,5-6,8-9H2,1H3,(H2,13,15)(H,14,17). The topological polar surface area (TPSA) is 72.9 Å². The van der Waals surface area contributed by atoms with Crippen LogP contribution in [0.25, 0.3) is 0 Å². The first kappa shape index (κ1) is 12.0. The third kappa shape index (κ3) is 2.78. The molecule has 5 heteroatoms. The molecular formula is C12H20N4O. The van der Waals surface area contributed by atoms with Crippen LogP contribution in [-0.2, 0) is 11.3 Å². The zero-order chi connectivity index (χ0) is 12.3. The number of carbonyl (C=O) groups is 1. The zero-order valence-corrected chi connectivity index (χ0v) is 10.3. The van der Waals surface area contributed by atoms with E-state index in [9.17, 15) is 4.79 Å². The van der Waals surface area contributed by atoms with Gasteiger partial charge in [0.15, 0.2) is 0 Å². The molecule has 94 valence electrons. The Labute approximate surface area is 101 Å². The van der Waals surface area contributed by atoms with E-state index in [2.05, 4.69) is 17.3 Å². The molecule has 1 aliphatic carbocycles. The molecule has 1 aromatic heterocycles. The van der Waals surface area contributed by atoms with Gasteiger partial charge in [0.1, 0.15) is 12.4 Å². The van der Waals surface area contributed by atoms with Crippen molar-refractivity contribution in [2.75, 3.05) is 12.3 Å². The van der Waals surface area contributed by atoms with Crippen molar-refractivity contribution in [3.05, 3.63) is 12.3 Å². The lowest BCUT2D eigenvalue weighted by Crippen LogP contribution is -2.42. The average Bonchev–Trinajstić information content (AvgIpc) is 2.63. The Hall–Kier alpha value is -1.52. The Bertz CT molecular complexity index is 389. The van der Waals surface area contributed by atoms with Crippen molar-refractivity contribution in [1.82, 2.24) is 15.1 Å². The second-order valence-electron chi connectivity index (χ2n) is 4.92. The van der Waals surface area contributed by atoms with E-state index in [0.717, 1.165) is 13.0 Å². The zero-order valence-electron chi connectivity index (χ0n) is 10.3. The summed E-state index contributed by atoms with van der Waals surface area (Å²) in [5.74, 6) is 0.453. The Morgan fingerprint density at radius 1 is 1.65 bits per heavy atom. The highest BCUT2D eigenvalue weighted by atomic mass is 16.2. The molecule has 1 amide bonds. The molecule has 0 unspecified atom stereocenters. The summed E-state index contributed by atoms with van der Waals surface area (Å²) < 4.78 is 1.56. The Kier molecular flexibility index (Phi) is 3.36. The number of anilines is 1. The van der Waals surface area contributed by atoms with Crippen molar-refractivity contribution in [3.8, 4) is 0 Å². The third-order valence-electron chi connectivity index (χ3n) is 3.79. The van der Waals surface area contributed by atoms with Gasteiger partial charge in [-0.15, -0.1) is 0 Å². The monoisotopic (exact) mass is 236 g/mol. The number of nitrogen functional groups attached to an aromatic ring is 1. The predicted molar refractivity (Wildman–Crippen MR) is 66.2 cm³/mol. The number of nitrogens with two attached hydrogens (primary N) is 1. The van der Waals surface area contributed by atoms with Gasteiger partial charge in [0, 0.05) is 12.7 Å². The van der Waals surface area contributed by atoms with Gasteiger partial charge in [-0.05, 0) is 30.7 Å². The molecule has 1 fully saturated rings. The summed E-state index contributed by atoms with van der Waals surface area (Å²) in [6.07, 6.45) is 6.62. The van der Waals surface area contributed by atoms with E-state index in [1.165, 1.54) is 19.3 Å². The molecule has 5 nitrogen and oxygen atoms in total. The van der Waals surface area contributed by atoms with Crippen LogP contribution < -0.4 is 11.1 Å². The maximum Gasteiger partial charge on any atom is 0.241 e. The minimum atomic E-state index is 0.00725. The first-order valence-corrected chi connectivity index (χ1v) is 6.19. The molecule has 1 heterocycles. The summed E-state index contributed by atoms with van der Waals surface area (Å²) in [4.78, 5) is 11.7. The highest BCUT2D eigenvalue weighted by Gasteiger charge is 2.35. The summed E-state index contributed by atoms with van der Waals surface area (Å²) in [5, 5.41) is 6.98. The van der Waals surface area contributed by atoms with Gasteiger partial charge in [-0.25, -0.2) is 0 Å². The van der Waals surface area contributed by atoms with Gasteiger partial charge >= 0.3 is 0 Å². The van der Waals surface area contributed by atoms with Crippen LogP contribution in [0, 0.1) is 5.41 Å². The van der Waals surface area contributed by atoms with E-state index in [1.54, 1.807) is 16.9 Å². The van der Waals surface area contributed by atoms with Crippen LogP contribution in [0.4, 0.5) is 5.82 Å². The molecule has 3 N–H and O–H groups in total. The molecule has 0 atom stereocenters. The molecule has 1 saturated carbocycles. The van der Waals surface area contributed by atoms with Crippen LogP contribution in [0.1, 0.15) is 32.6 Å². The van der Waals surface area contributed by atoms with Crippen molar-refractivity contribution in [2.45, 2.75) is 39.2 Å². The van der Waals surface area contributed by atoms with Crippen LogP contribution in [-0.4, -0.2) is 22.2 Å². The van der Waals surface area contributed by atoms with Gasteiger partial charge in [-0.2, -0.15) is 5.10 Å². The largest absolute Gasteiger partial charge is 0.382 e. The highest BCUT2D eigenvalue weighted by molar-refractivity contribution is 5.75. The first-order chi connectivity index (χ1) is 8.13. The van der Waals surface area contributed by atoms with E-state index in [4.69, 9.17) is 5.73 Å². The minimum absolute atomic E-state index is 0.00725. The number of hydrogen-bond donors (Lipinski definition) is 2. The Balaban J connectivity index is 1.78. The van der Waals surface area contributed by atoms with Crippen LogP contribution in [0.5, 0.6) is 0 Å². The summed E-state index contributed by atoms with van der Waals surface area (Å²) in [5.41, 5.74) is 5.85. The van der Waals surface area contributed by atoms with Crippen LogP contribution in [0.2, 0.25) is 0 Å². The summed E-state index contributed by atoms with van der Waals surface area (Å²) >= 11 is 0. The molecule has 2 rings (SSSR count). The van der Waals surface area contributed by atoms with Gasteiger partial charge in [0.05, 0.1) is 0 Å². The van der Waals surface area contributed by atoms with Crippen molar-refractivity contribution < 1.29 is 4.79 Å². The maximum absolute atomic E-state index is 11.7. The normalized spacial score (nSPS) is 17.5. The quantitative estimate of drug-likeness (QED) is 0.805. The Morgan fingerprint density at radius 3 is 2.88 bits per heavy atom. The molecular weight excluding hydrogens is 216 g/mol. The van der Waals surface area contributed by atoms with Crippen LogP contribution in [0.3, 0.4) is 0 Å². The van der Waals surface area contributed by atoms with Crippen molar-refractivity contribution in [1.29, 1.82) is 0 Å². The van der Waals surface area contributed by atoms with Crippen LogP contribution >= 0.6 is 0 Å². The second-order valence-corrected chi connectivity index (χ2v) is 4.92. The molecule has 0 aromatic carbocycles. The van der Waals surface area contributed by atoms with Gasteiger partial charge < -0.3 is 11.1 Å². The predicted octanol–water partition coefficient (Wildman–Crippen LogP) is 1.16. The van der Waals surface area contributed by atoms with Gasteiger partial charge in [-0.3, -0.25) is 9.48 Å². The number of amides is 1. The van der Waals surface area contributed by atoms with Gasteiger partial charge in [0.2, 0.25) is 5.91 Å². The maximum atomic E-state index is 11.7. The fraction of sp³-hybridized carbons (Fsp3) is 0.667. The molecule has 17 heavy (non-hydrogen) atoms. The fourth-order valence-corrected chi connectivity index (χ4v) is 2.29. The van der Waals surface area contributed by atoms with E-state index in [-0.39, 0.29) is 12.5 Å². The van der Waals surface area contributed by atoms with E-state index in [0.29, 0.717) is 11.2 Å². The molecule has 0 saturated heterocycles. The Morgan fingerprint density at radius 2 is 2.41 bits per heavy atom. The summed E-state index contributed by atoms with van der Waals surface area (Å²) in [6.45, 7) is 3.23. The van der Waals surface area contributed by atoms with Crippen molar-refractivity contribution in [2.24, 2.45) is 5.41 Å². The molecule has 0 radical (unpaired) electrons. The lowest BCUT2D eigenvalue weighted by molar-refractivity contribution is -0.122. The molecule has 0 spiro atoms. The van der Waals surface area contributed by atoms with Crippen molar-refractivity contribution in [3.63, 3.8) is 0 Å². The molecule has 1 aromatic rings. The average molecular weight is 236 g/mol. The first-order valence-electron chi connectivity index (χ1n) is 6.19. The number of rotatable bonds is 5. The SMILES string of the molecule is CCC1(CNC(=O)Cn2ccc(N)n2)CCC1. The van der Waals surface area contributed by atoms with E-state index >= 15 is 0 Å². The third-order valence-corrected chi connectivity index (χ3v) is 3.79. The van der Waals surface area contributed by atoms with Gasteiger partial charge in [-0.1, -0.05) is 13.3 Å². The number of carbonyl (C=O) groups excluding carboxylic acids is 1. The molecule has 1 aliphatic rings. The lowest BCUT2D eigenvalue weighted by Gasteiger charge is -2.41. The molecule has 0 aliphatic heterocycles. The van der Waals surface area contributed by atoms with Gasteiger partial charge in [0.25, 0.3) is 0 Å². The second kappa shape index (κ2) is 4.77.